The van der Waals surface area contributed by atoms with Crippen molar-refractivity contribution in [1.29, 1.82) is 0 Å². The molecule has 20 heteroatoms. The normalized spacial score (nSPS) is 12.3. The van der Waals surface area contributed by atoms with Gasteiger partial charge in [-0.25, -0.2) is 0 Å². The Hall–Kier alpha value is -7.12. The molecule has 4 aromatic rings. The van der Waals surface area contributed by atoms with Crippen LogP contribution in [0.5, 0.6) is 0 Å². The minimum atomic E-state index is -1.28. The SMILES string of the molecule is O=C(O)CCc1c2[nH]c(c1CC(=O)O)Cc1[nH]c(c(CC(=O)O)c1CCC(=O)O)Cc1[nH]c(c(CCC(=O)O)c1CC(=O)O)Cc1[nH]c(c(CCC(=O)O)c1CC(=O)O)C2. The summed E-state index contributed by atoms with van der Waals surface area (Å²) in [6, 6.07) is 0. The number of nitrogens with one attached hydrogen (secondary N) is 4. The van der Waals surface area contributed by atoms with E-state index in [4.69, 9.17) is 0 Å². The van der Waals surface area contributed by atoms with Crippen molar-refractivity contribution in [3.8, 4) is 0 Å². The van der Waals surface area contributed by atoms with Gasteiger partial charge in [0.15, 0.2) is 0 Å². The molecule has 0 fully saturated rings. The first-order valence-electron chi connectivity index (χ1n) is 18.9. The summed E-state index contributed by atoms with van der Waals surface area (Å²) in [7, 11) is 0. The molecule has 20 nitrogen and oxygen atoms in total. The van der Waals surface area contributed by atoms with Gasteiger partial charge in [0.25, 0.3) is 0 Å². The molecule has 5 rings (SSSR count). The Morgan fingerprint density at radius 1 is 0.283 bits per heavy atom. The summed E-state index contributed by atoms with van der Waals surface area (Å²) in [5.41, 5.74) is 4.45. The van der Waals surface area contributed by atoms with Crippen molar-refractivity contribution >= 4 is 47.8 Å². The fraction of sp³-hybridized carbons (Fsp3) is 0.400. The number of carboxylic acid groups (broad SMARTS) is 8. The number of aliphatic carboxylic acids is 8. The van der Waals surface area contributed by atoms with Crippen LogP contribution < -0.4 is 0 Å². The predicted molar refractivity (Wildman–Crippen MR) is 204 cm³/mol. The van der Waals surface area contributed by atoms with E-state index in [0.29, 0.717) is 45.0 Å². The zero-order chi connectivity index (χ0) is 44.0. The molecule has 0 atom stereocenters. The number of hydrogen-bond donors (Lipinski definition) is 12. The zero-order valence-electron chi connectivity index (χ0n) is 32.2. The number of carboxylic acids is 8. The molecule has 0 amide bonds. The summed E-state index contributed by atoms with van der Waals surface area (Å²) >= 11 is 0. The molecule has 0 saturated carbocycles. The number of H-pyrrole nitrogens is 4. The third-order valence-electron chi connectivity index (χ3n) is 10.7. The number of hydrogen-bond acceptors (Lipinski definition) is 8. The van der Waals surface area contributed by atoms with Crippen LogP contribution >= 0.6 is 0 Å². The molecular weight excluding hydrogens is 792 g/mol. The Labute approximate surface area is 339 Å². The number of carbonyl (C=O) groups is 8. The van der Waals surface area contributed by atoms with Gasteiger partial charge in [0.1, 0.15) is 0 Å². The van der Waals surface area contributed by atoms with E-state index in [0.717, 1.165) is 0 Å². The zero-order valence-corrected chi connectivity index (χ0v) is 32.2. The first kappa shape index (κ1) is 44.0. The molecule has 60 heavy (non-hydrogen) atoms. The molecule has 12 N–H and O–H groups in total. The van der Waals surface area contributed by atoms with E-state index < -0.39 is 99.1 Å². The van der Waals surface area contributed by atoms with Crippen LogP contribution in [0, 0.1) is 0 Å². The van der Waals surface area contributed by atoms with Crippen molar-refractivity contribution in [3.05, 3.63) is 90.1 Å². The number of aromatic nitrogens is 4. The molecule has 0 spiro atoms. The second-order valence-corrected chi connectivity index (χ2v) is 14.7. The maximum absolute atomic E-state index is 12.4. The van der Waals surface area contributed by atoms with Crippen molar-refractivity contribution in [2.45, 2.75) is 103 Å². The second kappa shape index (κ2) is 18.6. The third kappa shape index (κ3) is 10.7. The summed E-state index contributed by atoms with van der Waals surface area (Å²) in [6.07, 6.45) is -5.32. The van der Waals surface area contributed by atoms with Crippen molar-refractivity contribution in [3.63, 3.8) is 0 Å². The van der Waals surface area contributed by atoms with Crippen LogP contribution in [0.15, 0.2) is 0 Å². The topological polar surface area (TPSA) is 362 Å². The monoisotopic (exact) mass is 836 g/mol. The number of rotatable bonds is 20. The van der Waals surface area contributed by atoms with Gasteiger partial charge in [0, 0.05) is 96.9 Å². The molecule has 5 heterocycles. The van der Waals surface area contributed by atoms with E-state index in [-0.39, 0.29) is 96.4 Å². The molecule has 0 radical (unpaired) electrons. The van der Waals surface area contributed by atoms with Crippen LogP contribution in [-0.2, 0) is 115 Å². The highest BCUT2D eigenvalue weighted by molar-refractivity contribution is 5.76. The Morgan fingerprint density at radius 2 is 0.450 bits per heavy atom. The quantitative estimate of drug-likeness (QED) is 0.0535. The molecular formula is C40H44N4O16. The molecule has 1 aliphatic rings. The average molecular weight is 837 g/mol. The minimum absolute atomic E-state index is 0.124. The lowest BCUT2D eigenvalue weighted by Crippen LogP contribution is -2.09. The maximum atomic E-state index is 12.4. The van der Waals surface area contributed by atoms with Gasteiger partial charge < -0.3 is 60.8 Å². The van der Waals surface area contributed by atoms with E-state index in [1.54, 1.807) is 0 Å². The third-order valence-corrected chi connectivity index (χ3v) is 10.7. The fourth-order valence-corrected chi connectivity index (χ4v) is 8.30. The minimum Gasteiger partial charge on any atom is -0.481 e. The van der Waals surface area contributed by atoms with Gasteiger partial charge in [0.05, 0.1) is 25.7 Å². The highest BCUT2D eigenvalue weighted by Crippen LogP contribution is 2.35. The number of fused-ring (bicyclic) bond motifs is 8. The molecule has 4 aromatic heterocycles. The van der Waals surface area contributed by atoms with Crippen LogP contribution in [0.4, 0.5) is 0 Å². The summed E-state index contributed by atoms with van der Waals surface area (Å²) in [5, 5.41) is 78.9. The lowest BCUT2D eigenvalue weighted by molar-refractivity contribution is -0.138. The highest BCUT2D eigenvalue weighted by atomic mass is 16.4. The van der Waals surface area contributed by atoms with Crippen molar-refractivity contribution < 1.29 is 79.2 Å². The summed E-state index contributed by atoms with van der Waals surface area (Å²) < 4.78 is 0. The Morgan fingerprint density at radius 3 is 0.600 bits per heavy atom. The van der Waals surface area contributed by atoms with Crippen molar-refractivity contribution in [2.75, 3.05) is 0 Å². The van der Waals surface area contributed by atoms with Crippen molar-refractivity contribution in [2.24, 2.45) is 0 Å². The molecule has 8 bridgehead atoms. The van der Waals surface area contributed by atoms with Gasteiger partial charge in [-0.05, 0) is 70.2 Å². The van der Waals surface area contributed by atoms with Crippen LogP contribution in [-0.4, -0.2) is 109 Å². The highest BCUT2D eigenvalue weighted by Gasteiger charge is 2.30. The van der Waals surface area contributed by atoms with E-state index in [9.17, 15) is 79.2 Å². The lowest BCUT2D eigenvalue weighted by Gasteiger charge is -2.09. The largest absolute Gasteiger partial charge is 0.481 e. The molecule has 0 saturated heterocycles. The first-order valence-corrected chi connectivity index (χ1v) is 18.9. The van der Waals surface area contributed by atoms with Crippen LogP contribution in [0.25, 0.3) is 0 Å². The molecule has 0 unspecified atom stereocenters. The van der Waals surface area contributed by atoms with Crippen LogP contribution in [0.3, 0.4) is 0 Å². The first-order chi connectivity index (χ1) is 28.3. The smallest absolute Gasteiger partial charge is 0.307 e. The van der Waals surface area contributed by atoms with Crippen LogP contribution in [0.1, 0.15) is 116 Å². The van der Waals surface area contributed by atoms with Gasteiger partial charge in [0.2, 0.25) is 0 Å². The van der Waals surface area contributed by atoms with Gasteiger partial charge in [-0.15, -0.1) is 0 Å². The average Bonchev–Trinajstić information content (AvgIpc) is 3.81. The van der Waals surface area contributed by atoms with Gasteiger partial charge in [-0.1, -0.05) is 0 Å². The fourth-order valence-electron chi connectivity index (χ4n) is 8.30. The summed E-state index contributed by atoms with van der Waals surface area (Å²) in [4.78, 5) is 110. The van der Waals surface area contributed by atoms with E-state index in [1.165, 1.54) is 0 Å². The molecule has 0 aromatic carbocycles. The predicted octanol–water partition coefficient (Wildman–Crippen LogP) is 2.25. The van der Waals surface area contributed by atoms with Crippen LogP contribution in [0.2, 0.25) is 0 Å². The molecule has 320 valence electrons. The summed E-state index contributed by atoms with van der Waals surface area (Å²) in [5.74, 6) is -9.86. The van der Waals surface area contributed by atoms with E-state index >= 15 is 0 Å². The maximum Gasteiger partial charge on any atom is 0.307 e. The Bertz CT molecular complexity index is 2230. The Balaban J connectivity index is 1.90. The Kier molecular flexibility index (Phi) is 13.7. The van der Waals surface area contributed by atoms with Gasteiger partial charge in [-0.2, -0.15) is 0 Å². The van der Waals surface area contributed by atoms with E-state index in [2.05, 4.69) is 19.9 Å². The van der Waals surface area contributed by atoms with E-state index in [1.807, 2.05) is 0 Å². The molecule has 0 aliphatic carbocycles. The molecule has 1 aliphatic heterocycles. The summed E-state index contributed by atoms with van der Waals surface area (Å²) in [6.45, 7) is 0. The lowest BCUT2D eigenvalue weighted by atomic mass is 9.93. The van der Waals surface area contributed by atoms with Crippen molar-refractivity contribution in [1.82, 2.24) is 19.9 Å². The van der Waals surface area contributed by atoms with Gasteiger partial charge >= 0.3 is 47.8 Å². The number of aromatic amines is 4. The second-order valence-electron chi connectivity index (χ2n) is 14.7. The van der Waals surface area contributed by atoms with Gasteiger partial charge in [-0.3, -0.25) is 38.4 Å². The standard InChI is InChI=1S/C40H44N4O16/c45-33(46)5-1-17-21(9-37(53)54)29-14-27-19(3-7-35(49)50)23(11-39(57)58)31(43-27)16-32-24(12-40(59)60)20(4-8-36(51)52)28(44-32)15-30-22(10-38(55)56)18(2-6-34(47)48)26(42-30)13-25(17)41-29/h41-44H,1-16H2,(H,45,46)(H,47,48)(H,49,50)(H,51,52)(H,53,54)(H,55,56)(H,57,58)(H,59,60).